The van der Waals surface area contributed by atoms with Crippen LogP contribution < -0.4 is 5.32 Å². The van der Waals surface area contributed by atoms with Crippen LogP contribution in [0.25, 0.3) is 5.69 Å². The van der Waals surface area contributed by atoms with Crippen LogP contribution in [0, 0.1) is 12.3 Å². The van der Waals surface area contributed by atoms with E-state index in [-0.39, 0.29) is 22.6 Å². The molecule has 1 amide bonds. The summed E-state index contributed by atoms with van der Waals surface area (Å²) < 4.78 is 1.67. The van der Waals surface area contributed by atoms with Crippen LogP contribution in [0.2, 0.25) is 0 Å². The van der Waals surface area contributed by atoms with Crippen molar-refractivity contribution in [3.8, 4) is 5.69 Å². The Kier molecular flexibility index (Phi) is 5.87. The number of thioether (sulfide) groups is 1. The molecule has 136 valence electrons. The van der Waals surface area contributed by atoms with Crippen molar-refractivity contribution in [1.29, 1.82) is 0 Å². The molecule has 7 heteroatoms. The number of hydrogen-bond acceptors (Lipinski definition) is 5. The molecule has 0 radical (unpaired) electrons. The number of nitrogens with one attached hydrogen (secondary N) is 1. The van der Waals surface area contributed by atoms with Gasteiger partial charge in [0.15, 0.2) is 0 Å². The summed E-state index contributed by atoms with van der Waals surface area (Å²) in [4.78, 5) is 12.3. The summed E-state index contributed by atoms with van der Waals surface area (Å²) in [6.07, 6.45) is 0.900. The van der Waals surface area contributed by atoms with Crippen LogP contribution in [0.15, 0.2) is 29.4 Å². The van der Waals surface area contributed by atoms with Gasteiger partial charge in [-0.25, -0.2) is 0 Å². The topological polar surface area (TPSA) is 72.7 Å². The first-order valence-electron chi connectivity index (χ1n) is 8.36. The highest BCUT2D eigenvalue weighted by molar-refractivity contribution is 7.99. The molecule has 0 saturated carbocycles. The zero-order valence-electron chi connectivity index (χ0n) is 15.8. The molecule has 1 heterocycles. The van der Waals surface area contributed by atoms with Gasteiger partial charge in [0.2, 0.25) is 11.1 Å². The molecule has 0 unspecified atom stereocenters. The predicted octanol–water partition coefficient (Wildman–Crippen LogP) is 3.39. The number of rotatable bonds is 6. The normalized spacial score (nSPS) is 12.2. The van der Waals surface area contributed by atoms with Crippen LogP contribution in [-0.2, 0) is 4.79 Å². The standard InChI is InChI=1S/C18H27N5OS/c1-13-9-7-8-10-14(13)23-16(20-21-22-23)25-11-15(24)19-18(5,6)12-17(2,3)4/h7-10H,11-12H2,1-6H3,(H,19,24). The van der Waals surface area contributed by atoms with Crippen molar-refractivity contribution in [1.82, 2.24) is 25.5 Å². The van der Waals surface area contributed by atoms with Crippen LogP contribution in [0.4, 0.5) is 0 Å². The fraction of sp³-hybridized carbons (Fsp3) is 0.556. The van der Waals surface area contributed by atoms with Crippen molar-refractivity contribution in [2.24, 2.45) is 5.41 Å². The number of amides is 1. The number of aryl methyl sites for hydroxylation is 1. The first-order chi connectivity index (χ1) is 11.6. The molecule has 2 aromatic rings. The second-order valence-corrected chi connectivity index (χ2v) is 9.06. The molecule has 2 rings (SSSR count). The molecule has 0 aliphatic heterocycles. The van der Waals surface area contributed by atoms with Crippen molar-refractivity contribution in [3.63, 3.8) is 0 Å². The molecule has 1 N–H and O–H groups in total. The largest absolute Gasteiger partial charge is 0.350 e. The van der Waals surface area contributed by atoms with E-state index in [2.05, 4.69) is 55.5 Å². The maximum absolute atomic E-state index is 12.3. The van der Waals surface area contributed by atoms with Crippen LogP contribution >= 0.6 is 11.8 Å². The Morgan fingerprint density at radius 1 is 1.20 bits per heavy atom. The Hall–Kier alpha value is -1.89. The SMILES string of the molecule is Cc1ccccc1-n1nnnc1SCC(=O)NC(C)(C)CC(C)(C)C. The van der Waals surface area contributed by atoms with Gasteiger partial charge in [0, 0.05) is 5.54 Å². The van der Waals surface area contributed by atoms with E-state index in [1.807, 2.05) is 31.2 Å². The summed E-state index contributed by atoms with van der Waals surface area (Å²) in [7, 11) is 0. The monoisotopic (exact) mass is 361 g/mol. The third-order valence-electron chi connectivity index (χ3n) is 3.57. The van der Waals surface area contributed by atoms with Gasteiger partial charge in [0.05, 0.1) is 11.4 Å². The van der Waals surface area contributed by atoms with Crippen molar-refractivity contribution in [2.45, 2.75) is 58.7 Å². The van der Waals surface area contributed by atoms with Gasteiger partial charge in [0.1, 0.15) is 0 Å². The molecule has 0 aliphatic carbocycles. The number of aromatic nitrogens is 4. The molecule has 0 saturated heterocycles. The van der Waals surface area contributed by atoms with E-state index >= 15 is 0 Å². The van der Waals surface area contributed by atoms with E-state index in [1.54, 1.807) is 4.68 Å². The third-order valence-corrected chi connectivity index (χ3v) is 4.49. The number of para-hydroxylation sites is 1. The Morgan fingerprint density at radius 2 is 1.88 bits per heavy atom. The van der Waals surface area contributed by atoms with Crippen LogP contribution in [-0.4, -0.2) is 37.4 Å². The van der Waals surface area contributed by atoms with E-state index in [4.69, 9.17) is 0 Å². The number of tetrazole rings is 1. The highest BCUT2D eigenvalue weighted by Crippen LogP contribution is 2.27. The predicted molar refractivity (Wildman–Crippen MR) is 101 cm³/mol. The zero-order valence-corrected chi connectivity index (χ0v) is 16.6. The van der Waals surface area contributed by atoms with Gasteiger partial charge in [-0.05, 0) is 54.7 Å². The molecule has 0 spiro atoms. The van der Waals surface area contributed by atoms with E-state index in [1.165, 1.54) is 11.8 Å². The zero-order chi connectivity index (χ0) is 18.7. The minimum Gasteiger partial charge on any atom is -0.350 e. The van der Waals surface area contributed by atoms with Crippen molar-refractivity contribution in [2.75, 3.05) is 5.75 Å². The lowest BCUT2D eigenvalue weighted by Crippen LogP contribution is -2.46. The van der Waals surface area contributed by atoms with Gasteiger partial charge in [-0.15, -0.1) is 5.10 Å². The molecule has 1 aromatic heterocycles. The summed E-state index contributed by atoms with van der Waals surface area (Å²) in [5.74, 6) is 0.262. The molecule has 1 aromatic carbocycles. The molecule has 0 fully saturated rings. The Morgan fingerprint density at radius 3 is 2.52 bits per heavy atom. The first-order valence-corrected chi connectivity index (χ1v) is 9.34. The third kappa shape index (κ3) is 5.85. The van der Waals surface area contributed by atoms with Crippen LogP contribution in [0.1, 0.15) is 46.6 Å². The van der Waals surface area contributed by atoms with Crippen molar-refractivity contribution >= 4 is 17.7 Å². The summed E-state index contributed by atoms with van der Waals surface area (Å²) >= 11 is 1.34. The fourth-order valence-corrected chi connectivity index (χ4v) is 3.82. The molecule has 6 nitrogen and oxygen atoms in total. The van der Waals surface area contributed by atoms with Gasteiger partial charge in [-0.1, -0.05) is 50.7 Å². The van der Waals surface area contributed by atoms with Gasteiger partial charge in [-0.2, -0.15) is 4.68 Å². The molecule has 25 heavy (non-hydrogen) atoms. The average molecular weight is 362 g/mol. The molecular formula is C18H27N5OS. The minimum atomic E-state index is -0.252. The van der Waals surface area contributed by atoms with Gasteiger partial charge < -0.3 is 5.32 Å². The maximum atomic E-state index is 12.3. The summed E-state index contributed by atoms with van der Waals surface area (Å²) in [6, 6.07) is 7.89. The lowest BCUT2D eigenvalue weighted by atomic mass is 9.82. The Bertz CT molecular complexity index is 733. The smallest absolute Gasteiger partial charge is 0.230 e. The second kappa shape index (κ2) is 7.56. The summed E-state index contributed by atoms with van der Waals surface area (Å²) in [5, 5.41) is 15.6. The minimum absolute atomic E-state index is 0.0152. The number of carbonyl (C=O) groups excluding carboxylic acids is 1. The number of carbonyl (C=O) groups is 1. The average Bonchev–Trinajstić information content (AvgIpc) is 2.90. The second-order valence-electron chi connectivity index (χ2n) is 8.12. The highest BCUT2D eigenvalue weighted by Gasteiger charge is 2.27. The highest BCUT2D eigenvalue weighted by atomic mass is 32.2. The summed E-state index contributed by atoms with van der Waals surface area (Å²) in [6.45, 7) is 12.6. The number of hydrogen-bond donors (Lipinski definition) is 1. The molecule has 0 aliphatic rings. The van der Waals surface area contributed by atoms with E-state index in [0.717, 1.165) is 17.7 Å². The quantitative estimate of drug-likeness (QED) is 0.799. The first kappa shape index (κ1) is 19.4. The molecule has 0 atom stereocenters. The van der Waals surface area contributed by atoms with E-state index in [9.17, 15) is 4.79 Å². The lowest BCUT2D eigenvalue weighted by Gasteiger charge is -2.33. The lowest BCUT2D eigenvalue weighted by molar-refractivity contribution is -0.120. The Balaban J connectivity index is 2.00. The van der Waals surface area contributed by atoms with Gasteiger partial charge in [-0.3, -0.25) is 4.79 Å². The number of nitrogens with zero attached hydrogens (tertiary/aromatic N) is 4. The van der Waals surface area contributed by atoms with Gasteiger partial charge in [0.25, 0.3) is 0 Å². The summed E-state index contributed by atoms with van der Waals surface area (Å²) in [5.41, 5.74) is 1.90. The number of benzene rings is 1. The molecule has 0 bridgehead atoms. The van der Waals surface area contributed by atoms with Crippen LogP contribution in [0.5, 0.6) is 0 Å². The Labute approximate surface area is 153 Å². The van der Waals surface area contributed by atoms with E-state index < -0.39 is 0 Å². The maximum Gasteiger partial charge on any atom is 0.230 e. The van der Waals surface area contributed by atoms with Crippen molar-refractivity contribution < 1.29 is 4.79 Å². The fourth-order valence-electron chi connectivity index (χ4n) is 3.13. The van der Waals surface area contributed by atoms with Crippen molar-refractivity contribution in [3.05, 3.63) is 29.8 Å². The van der Waals surface area contributed by atoms with Gasteiger partial charge >= 0.3 is 0 Å². The van der Waals surface area contributed by atoms with E-state index in [0.29, 0.717) is 5.16 Å². The van der Waals surface area contributed by atoms with Crippen LogP contribution in [0.3, 0.4) is 0 Å². The molecular weight excluding hydrogens is 334 g/mol.